The van der Waals surface area contributed by atoms with E-state index in [2.05, 4.69) is 39.0 Å². The average Bonchev–Trinajstić information content (AvgIpc) is 2.61. The van der Waals surface area contributed by atoms with Gasteiger partial charge in [0, 0.05) is 45.8 Å². The molecule has 26 heavy (non-hydrogen) atoms. The number of hydrogen-bond donors (Lipinski definition) is 0. The van der Waals surface area contributed by atoms with Gasteiger partial charge in [0.25, 0.3) is 0 Å². The van der Waals surface area contributed by atoms with Crippen molar-refractivity contribution in [3.05, 3.63) is 35.9 Å². The molecule has 2 rings (SSSR count). The molecule has 0 saturated carbocycles. The molecule has 1 saturated heterocycles. The minimum Gasteiger partial charge on any atom is -0.851 e. The number of rotatable bonds is 6. The normalized spacial score (nSPS) is 20.0. The first-order valence-corrected chi connectivity index (χ1v) is 9.05. The summed E-state index contributed by atoms with van der Waals surface area (Å²) in [5.74, 6) is 0. The molecule has 0 bridgehead atoms. The van der Waals surface area contributed by atoms with Gasteiger partial charge in [-0.05, 0) is 18.7 Å². The fraction of sp³-hybridized carbons (Fsp3) is 0.700. The van der Waals surface area contributed by atoms with E-state index in [0.29, 0.717) is 13.1 Å². The molecule has 1 fully saturated rings. The van der Waals surface area contributed by atoms with Crippen LogP contribution in [0, 0.1) is 0 Å². The molecule has 1 aliphatic rings. The van der Waals surface area contributed by atoms with Gasteiger partial charge >= 0.3 is 17.1 Å². The summed E-state index contributed by atoms with van der Waals surface area (Å²) in [6.45, 7) is 11.0. The first-order valence-electron chi connectivity index (χ1n) is 9.05. The summed E-state index contributed by atoms with van der Waals surface area (Å²) in [7, 11) is 0. The van der Waals surface area contributed by atoms with Crippen LogP contribution in [-0.2, 0) is 23.6 Å². The zero-order valence-corrected chi connectivity index (χ0v) is 16.5. The maximum atomic E-state index is 11.6. The summed E-state index contributed by atoms with van der Waals surface area (Å²) < 4.78 is 0. The molecular weight excluding hydrogens is 370 g/mol. The quantitative estimate of drug-likeness (QED) is 0.635. The predicted octanol–water partition coefficient (Wildman–Crippen LogP) is 0.237. The van der Waals surface area contributed by atoms with E-state index in [1.165, 1.54) is 5.56 Å². The Hall–Kier alpha value is -0.461. The summed E-state index contributed by atoms with van der Waals surface area (Å²) in [5, 5.41) is 23.2. The van der Waals surface area contributed by atoms with E-state index in [9.17, 15) is 10.2 Å². The second-order valence-electron chi connectivity index (χ2n) is 6.98. The Labute approximate surface area is 170 Å². The minimum atomic E-state index is -0.569. The molecule has 146 valence electrons. The predicted molar refractivity (Wildman–Crippen MR) is 100 cm³/mol. The maximum absolute atomic E-state index is 11.6. The average molecular weight is 405 g/mol. The van der Waals surface area contributed by atoms with E-state index in [1.807, 2.05) is 6.07 Å². The van der Waals surface area contributed by atoms with E-state index >= 15 is 0 Å². The van der Waals surface area contributed by atoms with Crippen molar-refractivity contribution in [3.63, 3.8) is 0 Å². The molecule has 2 atom stereocenters. The molecule has 0 radical (unpaired) electrons. The van der Waals surface area contributed by atoms with E-state index in [4.69, 9.17) is 0 Å². The monoisotopic (exact) mass is 405 g/mol. The molecule has 0 aliphatic carbocycles. The van der Waals surface area contributed by atoms with Gasteiger partial charge in [0.2, 0.25) is 0 Å². The smallest absolute Gasteiger partial charge is 0.851 e. The Morgan fingerprint density at radius 2 is 1.15 bits per heavy atom. The van der Waals surface area contributed by atoms with Crippen LogP contribution >= 0.6 is 0 Å². The van der Waals surface area contributed by atoms with Crippen LogP contribution in [0.4, 0.5) is 0 Å². The van der Waals surface area contributed by atoms with Crippen molar-refractivity contribution in [2.45, 2.75) is 40.0 Å². The van der Waals surface area contributed by atoms with Crippen LogP contribution < -0.4 is 10.2 Å². The van der Waals surface area contributed by atoms with Crippen LogP contribution in [0.15, 0.2) is 30.3 Å². The second-order valence-corrected chi connectivity index (χ2v) is 6.98. The number of hydrogen-bond acceptors (Lipinski definition) is 5. The maximum Gasteiger partial charge on any atom is 6.00 e. The number of nitrogens with zero attached hydrogens (tertiary/aromatic N) is 3. The van der Waals surface area contributed by atoms with Gasteiger partial charge in [0.05, 0.1) is 0 Å². The summed E-state index contributed by atoms with van der Waals surface area (Å²) in [6, 6.07) is 10.5. The summed E-state index contributed by atoms with van der Waals surface area (Å²) in [6.07, 6.45) is -1.14. The molecule has 6 heteroatoms. The third-order valence-electron chi connectivity index (χ3n) is 4.48. The molecule has 0 aromatic heterocycles. The largest absolute Gasteiger partial charge is 6.00 e. The molecule has 0 amide bonds. The van der Waals surface area contributed by atoms with E-state index in [1.54, 1.807) is 13.8 Å². The summed E-state index contributed by atoms with van der Waals surface area (Å²) in [5.41, 5.74) is 1.31. The fourth-order valence-electron chi connectivity index (χ4n) is 3.28. The Bertz CT molecular complexity index is 438. The third kappa shape index (κ3) is 10.0. The van der Waals surface area contributed by atoms with Crippen molar-refractivity contribution in [1.82, 2.24) is 14.7 Å². The molecule has 1 heterocycles. The zero-order valence-electron chi connectivity index (χ0n) is 15.4. The van der Waals surface area contributed by atoms with Crippen LogP contribution in [0.3, 0.4) is 0 Å². The van der Waals surface area contributed by atoms with Crippen molar-refractivity contribution in [2.24, 2.45) is 0 Å². The SMILES string of the molecule is C.C[C@H]([O-])CN1CCN(Cc2ccccc2)CCN(C[C@H](C)[O-])CC1.[Fe+6]. The van der Waals surface area contributed by atoms with E-state index < -0.39 is 12.2 Å². The van der Waals surface area contributed by atoms with Crippen molar-refractivity contribution in [1.29, 1.82) is 0 Å². The Kier molecular flexibility index (Phi) is 13.4. The Morgan fingerprint density at radius 1 is 0.769 bits per heavy atom. The van der Waals surface area contributed by atoms with E-state index in [-0.39, 0.29) is 24.5 Å². The van der Waals surface area contributed by atoms with Crippen LogP contribution in [0.25, 0.3) is 0 Å². The molecule has 1 aliphatic heterocycles. The van der Waals surface area contributed by atoms with E-state index in [0.717, 1.165) is 45.8 Å². The Balaban J connectivity index is 0.00000312. The first kappa shape index (κ1) is 25.5. The molecule has 0 spiro atoms. The third-order valence-corrected chi connectivity index (χ3v) is 4.48. The van der Waals surface area contributed by atoms with Gasteiger partial charge in [-0.25, -0.2) is 0 Å². The van der Waals surface area contributed by atoms with Crippen LogP contribution in [-0.4, -0.2) is 79.3 Å². The van der Waals surface area contributed by atoms with Crippen molar-refractivity contribution in [2.75, 3.05) is 52.4 Å². The van der Waals surface area contributed by atoms with Gasteiger partial charge in [-0.3, -0.25) is 4.90 Å². The van der Waals surface area contributed by atoms with Gasteiger partial charge < -0.3 is 20.0 Å². The summed E-state index contributed by atoms with van der Waals surface area (Å²) in [4.78, 5) is 6.94. The zero-order chi connectivity index (χ0) is 17.4. The molecular formula is C20H35FeN3O2+4. The standard InChI is InChI=1S/C19H31N3O2.CH4.Fe/c1-17(23)14-20-8-9-21(15-18(2)24)11-13-22(12-10-20)16-19-6-4-3-5-7-19;;/h3-7,17-18H,8-16H2,1-2H3;1H4;/q-2;;+6/t17-,18-;;/m0../s1. The molecule has 0 unspecified atom stereocenters. The van der Waals surface area contributed by atoms with Gasteiger partial charge in [-0.15, -0.1) is 12.2 Å². The van der Waals surface area contributed by atoms with Gasteiger partial charge in [0.15, 0.2) is 0 Å². The second kappa shape index (κ2) is 13.7. The molecule has 1 aromatic carbocycles. The molecule has 5 nitrogen and oxygen atoms in total. The van der Waals surface area contributed by atoms with Gasteiger partial charge in [0.1, 0.15) is 0 Å². The fourth-order valence-corrected chi connectivity index (χ4v) is 3.28. The van der Waals surface area contributed by atoms with Crippen molar-refractivity contribution < 1.29 is 27.3 Å². The molecule has 0 N–H and O–H groups in total. The van der Waals surface area contributed by atoms with Crippen molar-refractivity contribution in [3.8, 4) is 0 Å². The van der Waals surface area contributed by atoms with Gasteiger partial charge in [-0.1, -0.05) is 51.6 Å². The molecule has 1 aromatic rings. The van der Waals surface area contributed by atoms with Crippen LogP contribution in [0.1, 0.15) is 26.8 Å². The first-order chi connectivity index (χ1) is 11.5. The Morgan fingerprint density at radius 3 is 1.54 bits per heavy atom. The minimum absolute atomic E-state index is 0. The van der Waals surface area contributed by atoms with Crippen LogP contribution in [0.2, 0.25) is 0 Å². The van der Waals surface area contributed by atoms with Crippen LogP contribution in [0.5, 0.6) is 0 Å². The topological polar surface area (TPSA) is 55.8 Å². The number of benzene rings is 1. The van der Waals surface area contributed by atoms with Gasteiger partial charge in [-0.2, -0.15) is 0 Å². The van der Waals surface area contributed by atoms with Crippen molar-refractivity contribution >= 4 is 0 Å². The summed E-state index contributed by atoms with van der Waals surface area (Å²) >= 11 is 0.